The van der Waals surface area contributed by atoms with E-state index in [1.165, 1.54) is 16.0 Å². The van der Waals surface area contributed by atoms with Crippen molar-refractivity contribution in [3.8, 4) is 10.4 Å². The SMILES string of the molecule is CC(N)CCc1cccc(-c2cccs2)c1. The second-order valence-corrected chi connectivity index (χ2v) is 5.14. The van der Waals surface area contributed by atoms with E-state index in [0.29, 0.717) is 0 Å². The molecule has 2 aromatic rings. The molecule has 2 N–H and O–H groups in total. The van der Waals surface area contributed by atoms with E-state index in [4.69, 9.17) is 5.73 Å². The van der Waals surface area contributed by atoms with E-state index in [1.54, 1.807) is 11.3 Å². The highest BCUT2D eigenvalue weighted by Crippen LogP contribution is 2.25. The van der Waals surface area contributed by atoms with E-state index in [-0.39, 0.29) is 6.04 Å². The molecule has 1 aromatic heterocycles. The molecule has 2 rings (SSSR count). The molecule has 0 saturated carbocycles. The highest BCUT2D eigenvalue weighted by Gasteiger charge is 2.01. The third-order valence-electron chi connectivity index (χ3n) is 2.62. The van der Waals surface area contributed by atoms with Gasteiger partial charge >= 0.3 is 0 Å². The van der Waals surface area contributed by atoms with Crippen molar-refractivity contribution in [3.05, 3.63) is 47.3 Å². The maximum absolute atomic E-state index is 5.77. The number of hydrogen-bond donors (Lipinski definition) is 1. The Balaban J connectivity index is 2.14. The van der Waals surface area contributed by atoms with Crippen LogP contribution >= 0.6 is 11.3 Å². The Bertz CT molecular complexity index is 432. The molecular weight excluding hydrogens is 214 g/mol. The Morgan fingerprint density at radius 3 is 2.81 bits per heavy atom. The molecule has 84 valence electrons. The second kappa shape index (κ2) is 5.28. The van der Waals surface area contributed by atoms with Crippen LogP contribution in [0.4, 0.5) is 0 Å². The van der Waals surface area contributed by atoms with Gasteiger partial charge in [-0.25, -0.2) is 0 Å². The highest BCUT2D eigenvalue weighted by atomic mass is 32.1. The fraction of sp³-hybridized carbons (Fsp3) is 0.286. The van der Waals surface area contributed by atoms with Crippen molar-refractivity contribution in [1.29, 1.82) is 0 Å². The van der Waals surface area contributed by atoms with Gasteiger partial charge in [0.25, 0.3) is 0 Å². The summed E-state index contributed by atoms with van der Waals surface area (Å²) in [6.45, 7) is 2.06. The van der Waals surface area contributed by atoms with Crippen LogP contribution in [0.3, 0.4) is 0 Å². The van der Waals surface area contributed by atoms with Crippen molar-refractivity contribution in [1.82, 2.24) is 0 Å². The minimum absolute atomic E-state index is 0.283. The van der Waals surface area contributed by atoms with E-state index in [9.17, 15) is 0 Å². The summed E-state index contributed by atoms with van der Waals surface area (Å²) in [4.78, 5) is 1.34. The zero-order valence-corrected chi connectivity index (χ0v) is 10.3. The van der Waals surface area contributed by atoms with Crippen molar-refractivity contribution in [2.45, 2.75) is 25.8 Å². The minimum Gasteiger partial charge on any atom is -0.328 e. The van der Waals surface area contributed by atoms with Crippen LogP contribution in [0.5, 0.6) is 0 Å². The van der Waals surface area contributed by atoms with Crippen LogP contribution in [0.25, 0.3) is 10.4 Å². The molecule has 0 aliphatic heterocycles. The maximum atomic E-state index is 5.77. The minimum atomic E-state index is 0.283. The fourth-order valence-corrected chi connectivity index (χ4v) is 2.44. The van der Waals surface area contributed by atoms with Crippen molar-refractivity contribution in [2.24, 2.45) is 5.73 Å². The molecule has 1 aromatic carbocycles. The number of aryl methyl sites for hydroxylation is 1. The first kappa shape index (κ1) is 11.4. The third kappa shape index (κ3) is 2.94. The van der Waals surface area contributed by atoms with E-state index in [2.05, 4.69) is 48.7 Å². The standard InChI is InChI=1S/C14H17NS/c1-11(15)7-8-12-4-2-5-13(10-12)14-6-3-9-16-14/h2-6,9-11H,7-8,15H2,1H3. The van der Waals surface area contributed by atoms with E-state index >= 15 is 0 Å². The maximum Gasteiger partial charge on any atom is 0.0342 e. The number of thiophene rings is 1. The Morgan fingerprint density at radius 1 is 1.25 bits per heavy atom. The van der Waals surface area contributed by atoms with Gasteiger partial charge in [0.15, 0.2) is 0 Å². The molecule has 1 unspecified atom stereocenters. The topological polar surface area (TPSA) is 26.0 Å². The summed E-state index contributed by atoms with van der Waals surface area (Å²) < 4.78 is 0. The molecule has 2 heteroatoms. The molecule has 1 nitrogen and oxygen atoms in total. The molecular formula is C14H17NS. The summed E-state index contributed by atoms with van der Waals surface area (Å²) in [5.74, 6) is 0. The van der Waals surface area contributed by atoms with Crippen LogP contribution in [0.15, 0.2) is 41.8 Å². The number of nitrogens with two attached hydrogens (primary N) is 1. The number of rotatable bonds is 4. The van der Waals surface area contributed by atoms with Gasteiger partial charge in [-0.05, 0) is 42.3 Å². The van der Waals surface area contributed by atoms with Crippen molar-refractivity contribution >= 4 is 11.3 Å². The molecule has 0 radical (unpaired) electrons. The molecule has 0 aliphatic carbocycles. The number of hydrogen-bond acceptors (Lipinski definition) is 2. The number of benzene rings is 1. The summed E-state index contributed by atoms with van der Waals surface area (Å²) in [6.07, 6.45) is 2.12. The van der Waals surface area contributed by atoms with Crippen LogP contribution < -0.4 is 5.73 Å². The highest BCUT2D eigenvalue weighted by molar-refractivity contribution is 7.13. The lowest BCUT2D eigenvalue weighted by Crippen LogP contribution is -2.15. The van der Waals surface area contributed by atoms with E-state index in [1.807, 2.05) is 0 Å². The van der Waals surface area contributed by atoms with Crippen LogP contribution in [0.1, 0.15) is 18.9 Å². The van der Waals surface area contributed by atoms with Gasteiger partial charge in [0.1, 0.15) is 0 Å². The Hall–Kier alpha value is -1.12. The van der Waals surface area contributed by atoms with Gasteiger partial charge in [0, 0.05) is 10.9 Å². The van der Waals surface area contributed by atoms with Gasteiger partial charge in [-0.3, -0.25) is 0 Å². The largest absolute Gasteiger partial charge is 0.328 e. The van der Waals surface area contributed by atoms with Crippen molar-refractivity contribution in [3.63, 3.8) is 0 Å². The van der Waals surface area contributed by atoms with Gasteiger partial charge in [-0.2, -0.15) is 0 Å². The zero-order valence-electron chi connectivity index (χ0n) is 9.52. The summed E-state index contributed by atoms with van der Waals surface area (Å²) >= 11 is 1.78. The van der Waals surface area contributed by atoms with Crippen LogP contribution in [0, 0.1) is 0 Å². The lowest BCUT2D eigenvalue weighted by Gasteiger charge is -2.06. The monoisotopic (exact) mass is 231 g/mol. The molecule has 0 aliphatic rings. The Labute approximate surface area is 101 Å². The summed E-state index contributed by atoms with van der Waals surface area (Å²) in [6, 6.07) is 13.3. The van der Waals surface area contributed by atoms with E-state index < -0.39 is 0 Å². The van der Waals surface area contributed by atoms with Gasteiger partial charge < -0.3 is 5.73 Å². The van der Waals surface area contributed by atoms with E-state index in [0.717, 1.165) is 12.8 Å². The summed E-state index contributed by atoms with van der Waals surface area (Å²) in [7, 11) is 0. The lowest BCUT2D eigenvalue weighted by molar-refractivity contribution is 0.666. The molecule has 0 bridgehead atoms. The molecule has 1 atom stereocenters. The van der Waals surface area contributed by atoms with Crippen LogP contribution in [-0.2, 0) is 6.42 Å². The summed E-state index contributed by atoms with van der Waals surface area (Å²) in [5.41, 5.74) is 8.47. The summed E-state index contributed by atoms with van der Waals surface area (Å²) in [5, 5.41) is 2.12. The van der Waals surface area contributed by atoms with Gasteiger partial charge in [-0.1, -0.05) is 30.3 Å². The van der Waals surface area contributed by atoms with Crippen molar-refractivity contribution in [2.75, 3.05) is 0 Å². The van der Waals surface area contributed by atoms with Crippen LogP contribution in [0.2, 0.25) is 0 Å². The molecule has 0 saturated heterocycles. The predicted octanol–water partition coefficient (Wildman–Crippen LogP) is 3.69. The third-order valence-corrected chi connectivity index (χ3v) is 3.54. The molecule has 0 spiro atoms. The molecule has 1 heterocycles. The smallest absolute Gasteiger partial charge is 0.0342 e. The quantitative estimate of drug-likeness (QED) is 0.853. The average molecular weight is 231 g/mol. The zero-order chi connectivity index (χ0) is 11.4. The van der Waals surface area contributed by atoms with Crippen molar-refractivity contribution < 1.29 is 0 Å². The first-order valence-electron chi connectivity index (χ1n) is 5.64. The molecule has 0 amide bonds. The average Bonchev–Trinajstić information content (AvgIpc) is 2.80. The Kier molecular flexibility index (Phi) is 3.75. The first-order chi connectivity index (χ1) is 7.75. The predicted molar refractivity (Wildman–Crippen MR) is 71.7 cm³/mol. The van der Waals surface area contributed by atoms with Gasteiger partial charge in [0.05, 0.1) is 0 Å². The normalized spacial score (nSPS) is 12.6. The molecule has 0 fully saturated rings. The van der Waals surface area contributed by atoms with Gasteiger partial charge in [-0.15, -0.1) is 11.3 Å². The first-order valence-corrected chi connectivity index (χ1v) is 6.52. The van der Waals surface area contributed by atoms with Crippen LogP contribution in [-0.4, -0.2) is 6.04 Å². The van der Waals surface area contributed by atoms with Gasteiger partial charge in [0.2, 0.25) is 0 Å². The fourth-order valence-electron chi connectivity index (χ4n) is 1.72. The lowest BCUT2D eigenvalue weighted by atomic mass is 10.0. The Morgan fingerprint density at radius 2 is 2.12 bits per heavy atom. The second-order valence-electron chi connectivity index (χ2n) is 4.19. The molecule has 16 heavy (non-hydrogen) atoms.